The first kappa shape index (κ1) is 10.9. The molecule has 0 aliphatic carbocycles. The summed E-state index contributed by atoms with van der Waals surface area (Å²) in [5, 5.41) is 0. The van der Waals surface area contributed by atoms with Crippen molar-refractivity contribution in [2.75, 3.05) is 0 Å². The number of hydrogen-bond acceptors (Lipinski definition) is 1. The first-order valence-corrected chi connectivity index (χ1v) is 1.81. The van der Waals surface area contributed by atoms with Gasteiger partial charge >= 0.3 is 0 Å². The SMILES string of the molecule is [CH2-]C([CH2-])C(C)=O.[Pr]. The van der Waals surface area contributed by atoms with Crippen molar-refractivity contribution in [1.82, 2.24) is 0 Å². The Bertz CT molecular complexity index is 59.1. The van der Waals surface area contributed by atoms with E-state index < -0.39 is 0 Å². The van der Waals surface area contributed by atoms with Crippen LogP contribution in [0.2, 0.25) is 0 Å². The van der Waals surface area contributed by atoms with Crippen LogP contribution in [-0.2, 0) is 4.79 Å². The first-order chi connectivity index (χ1) is 2.64. The van der Waals surface area contributed by atoms with E-state index in [-0.39, 0.29) is 53.0 Å². The van der Waals surface area contributed by atoms with E-state index in [4.69, 9.17) is 0 Å². The largest absolute Gasteiger partial charge is 0.363 e. The van der Waals surface area contributed by atoms with Gasteiger partial charge in [0.15, 0.2) is 0 Å². The Labute approximate surface area is 77.8 Å². The molecule has 0 heterocycles. The standard InChI is InChI=1S/C5H8O.Pr/c1-4(2)5(3)6;/h4H,1-2H2,3H3;/q-2;. The zero-order chi connectivity index (χ0) is 5.15. The molecule has 2 heteroatoms. The topological polar surface area (TPSA) is 17.1 Å². The molecule has 0 aliphatic rings. The fourth-order valence-corrected chi connectivity index (χ4v) is 0. The average molecular weight is 225 g/mol. The molecule has 0 amide bonds. The Morgan fingerprint density at radius 2 is 1.71 bits per heavy atom. The third-order valence-electron chi connectivity index (χ3n) is 0.575. The van der Waals surface area contributed by atoms with Crippen molar-refractivity contribution in [3.05, 3.63) is 13.8 Å². The Balaban J connectivity index is 0. The Kier molecular flexibility index (Phi) is 8.07. The summed E-state index contributed by atoms with van der Waals surface area (Å²) in [6.07, 6.45) is 0. The van der Waals surface area contributed by atoms with Gasteiger partial charge in [0.2, 0.25) is 0 Å². The fraction of sp³-hybridized carbons (Fsp3) is 0.400. The number of rotatable bonds is 1. The third-order valence-corrected chi connectivity index (χ3v) is 0.575. The number of hydrogen-bond donors (Lipinski definition) is 0. The van der Waals surface area contributed by atoms with Gasteiger partial charge in [0, 0.05) is 41.3 Å². The third kappa shape index (κ3) is 7.03. The molecule has 0 saturated carbocycles. The van der Waals surface area contributed by atoms with Crippen molar-refractivity contribution in [3.8, 4) is 0 Å². The Morgan fingerprint density at radius 1 is 1.57 bits per heavy atom. The van der Waals surface area contributed by atoms with Gasteiger partial charge in [-0.3, -0.25) is 0 Å². The minimum Gasteiger partial charge on any atom is -0.363 e. The van der Waals surface area contributed by atoms with Gasteiger partial charge in [-0.05, 0) is 6.92 Å². The van der Waals surface area contributed by atoms with Crippen LogP contribution in [0.3, 0.4) is 0 Å². The van der Waals surface area contributed by atoms with Crippen LogP contribution in [0.25, 0.3) is 0 Å². The summed E-state index contributed by atoms with van der Waals surface area (Å²) in [4.78, 5) is 10.0. The molecule has 0 fully saturated rings. The van der Waals surface area contributed by atoms with Gasteiger partial charge in [0.1, 0.15) is 0 Å². The Morgan fingerprint density at radius 3 is 1.71 bits per heavy atom. The van der Waals surface area contributed by atoms with Gasteiger partial charge in [-0.2, -0.15) is 0 Å². The van der Waals surface area contributed by atoms with E-state index in [2.05, 4.69) is 13.8 Å². The summed E-state index contributed by atoms with van der Waals surface area (Å²) in [6, 6.07) is 0. The predicted molar refractivity (Wildman–Crippen MR) is 24.9 cm³/mol. The molecule has 0 rings (SSSR count). The molecule has 0 bridgehead atoms. The molecule has 0 atom stereocenters. The van der Waals surface area contributed by atoms with Crippen molar-refractivity contribution >= 4 is 5.78 Å². The molecule has 0 aromatic carbocycles. The van der Waals surface area contributed by atoms with Crippen LogP contribution in [0.5, 0.6) is 0 Å². The van der Waals surface area contributed by atoms with Crippen LogP contribution in [0.1, 0.15) is 6.92 Å². The minimum absolute atomic E-state index is 0. The second-order valence-electron chi connectivity index (χ2n) is 1.31. The van der Waals surface area contributed by atoms with Gasteiger partial charge in [0.05, 0.1) is 5.78 Å². The fourth-order valence-electron chi connectivity index (χ4n) is 0. The van der Waals surface area contributed by atoms with Gasteiger partial charge in [0.25, 0.3) is 0 Å². The minimum atomic E-state index is -0.287. The number of carbonyl (C=O) groups is 1. The van der Waals surface area contributed by atoms with Gasteiger partial charge in [-0.1, -0.05) is 0 Å². The van der Waals surface area contributed by atoms with Gasteiger partial charge in [-0.25, -0.2) is 5.92 Å². The zero-order valence-electron chi connectivity index (χ0n) is 4.48. The molecule has 1 radical (unpaired) electrons. The van der Waals surface area contributed by atoms with E-state index in [1.54, 1.807) is 0 Å². The van der Waals surface area contributed by atoms with E-state index in [1.165, 1.54) is 6.92 Å². The number of ketones is 1. The second-order valence-corrected chi connectivity index (χ2v) is 1.31. The van der Waals surface area contributed by atoms with E-state index in [1.807, 2.05) is 0 Å². The quantitative estimate of drug-likeness (QED) is 0.605. The maximum absolute atomic E-state index is 10.0. The molecule has 0 aliphatic heterocycles. The maximum atomic E-state index is 10.0. The second kappa shape index (κ2) is 5.18. The van der Waals surface area contributed by atoms with Crippen molar-refractivity contribution in [2.24, 2.45) is 5.92 Å². The molecule has 7 heavy (non-hydrogen) atoms. The molecule has 0 spiro atoms. The summed E-state index contributed by atoms with van der Waals surface area (Å²) in [6.45, 7) is 8.23. The van der Waals surface area contributed by atoms with Crippen LogP contribution in [0, 0.1) is 61.1 Å². The molecule has 0 aromatic heterocycles. The molecule has 0 aromatic rings. The first-order valence-electron chi connectivity index (χ1n) is 1.81. The monoisotopic (exact) mass is 225 g/mol. The van der Waals surface area contributed by atoms with Crippen molar-refractivity contribution in [3.63, 3.8) is 0 Å². The number of carbonyl (C=O) groups excluding carboxylic acids is 1. The van der Waals surface area contributed by atoms with Crippen molar-refractivity contribution in [2.45, 2.75) is 6.92 Å². The molecule has 0 N–H and O–H groups in total. The van der Waals surface area contributed by atoms with Crippen LogP contribution in [-0.4, -0.2) is 5.78 Å². The summed E-state index contributed by atoms with van der Waals surface area (Å²) in [5.41, 5.74) is 0. The van der Waals surface area contributed by atoms with E-state index in [0.717, 1.165) is 0 Å². The van der Waals surface area contributed by atoms with Crippen LogP contribution in [0.15, 0.2) is 0 Å². The summed E-state index contributed by atoms with van der Waals surface area (Å²) in [5.74, 6) is -0.250. The van der Waals surface area contributed by atoms with Crippen LogP contribution in [0.4, 0.5) is 0 Å². The van der Waals surface area contributed by atoms with E-state index in [9.17, 15) is 4.79 Å². The molecule has 0 saturated heterocycles. The Hall–Kier alpha value is 1.03. The molecular weight excluding hydrogens is 217 g/mol. The molecular formula is C5H8OPr-2. The molecule has 39 valence electrons. The normalized spacial score (nSPS) is 8.00. The van der Waals surface area contributed by atoms with Crippen LogP contribution >= 0.6 is 0 Å². The maximum Gasteiger partial charge on any atom is 0.0745 e. The van der Waals surface area contributed by atoms with E-state index >= 15 is 0 Å². The van der Waals surface area contributed by atoms with Gasteiger partial charge < -0.3 is 18.6 Å². The average Bonchev–Trinajstić information content (AvgIpc) is 1.36. The van der Waals surface area contributed by atoms with Crippen LogP contribution < -0.4 is 0 Å². The van der Waals surface area contributed by atoms with Crippen molar-refractivity contribution < 1.29 is 46.1 Å². The summed E-state index contributed by atoms with van der Waals surface area (Å²) >= 11 is 0. The molecule has 0 unspecified atom stereocenters. The summed E-state index contributed by atoms with van der Waals surface area (Å²) < 4.78 is 0. The zero-order valence-corrected chi connectivity index (χ0v) is 8.18. The number of Topliss-reactive ketones (excluding diaryl/α,β-unsaturated/α-hetero) is 1. The summed E-state index contributed by atoms with van der Waals surface area (Å²) in [7, 11) is 0. The van der Waals surface area contributed by atoms with E-state index in [0.29, 0.717) is 0 Å². The molecule has 1 nitrogen and oxygen atoms in total. The van der Waals surface area contributed by atoms with Crippen molar-refractivity contribution in [1.29, 1.82) is 0 Å². The smallest absolute Gasteiger partial charge is 0.0745 e. The predicted octanol–water partition coefficient (Wildman–Crippen LogP) is 0.860. The van der Waals surface area contributed by atoms with Gasteiger partial charge in [-0.15, -0.1) is 0 Å².